The predicted octanol–water partition coefficient (Wildman–Crippen LogP) is 2.36. The summed E-state index contributed by atoms with van der Waals surface area (Å²) in [5, 5.41) is 2.87. The van der Waals surface area contributed by atoms with E-state index in [0.29, 0.717) is 17.6 Å². The standard InChI is InChI=1S/C22H23N3O3/c1-3-13-24-18-10-6-7-11-19(18)25(22(28)21(24)27)14-12-20(26)23-15-17-9-5-4-8-16(17)2/h3-11H,1,12-15H2,2H3,(H,23,26). The molecule has 0 radical (unpaired) electrons. The van der Waals surface area contributed by atoms with Crippen molar-refractivity contribution in [2.45, 2.75) is 33.0 Å². The number of aryl methyl sites for hydroxylation is 2. The minimum Gasteiger partial charge on any atom is -0.352 e. The van der Waals surface area contributed by atoms with Crippen LogP contribution in [0.4, 0.5) is 0 Å². The molecule has 0 saturated heterocycles. The molecule has 3 aromatic rings. The molecule has 0 fully saturated rings. The molecule has 1 amide bonds. The van der Waals surface area contributed by atoms with Crippen molar-refractivity contribution in [2.24, 2.45) is 0 Å². The van der Waals surface area contributed by atoms with Gasteiger partial charge in [-0.2, -0.15) is 0 Å². The fraction of sp³-hybridized carbons (Fsp3) is 0.227. The molecular weight excluding hydrogens is 354 g/mol. The van der Waals surface area contributed by atoms with Crippen molar-refractivity contribution in [3.63, 3.8) is 0 Å². The van der Waals surface area contributed by atoms with E-state index in [0.717, 1.165) is 11.1 Å². The van der Waals surface area contributed by atoms with Crippen LogP contribution in [0.15, 0.2) is 70.8 Å². The molecule has 0 unspecified atom stereocenters. The van der Waals surface area contributed by atoms with Gasteiger partial charge in [0.1, 0.15) is 0 Å². The van der Waals surface area contributed by atoms with Gasteiger partial charge in [-0.05, 0) is 30.2 Å². The Morgan fingerprint density at radius 3 is 2.29 bits per heavy atom. The molecule has 0 atom stereocenters. The van der Waals surface area contributed by atoms with Gasteiger partial charge in [0.15, 0.2) is 0 Å². The van der Waals surface area contributed by atoms with Crippen LogP contribution >= 0.6 is 0 Å². The van der Waals surface area contributed by atoms with E-state index in [2.05, 4.69) is 11.9 Å². The molecule has 2 aromatic carbocycles. The predicted molar refractivity (Wildman–Crippen MR) is 110 cm³/mol. The number of hydrogen-bond acceptors (Lipinski definition) is 3. The van der Waals surface area contributed by atoms with Gasteiger partial charge >= 0.3 is 11.1 Å². The molecule has 0 aliphatic rings. The third-order valence-electron chi connectivity index (χ3n) is 4.75. The molecule has 28 heavy (non-hydrogen) atoms. The molecule has 0 bridgehead atoms. The summed E-state index contributed by atoms with van der Waals surface area (Å²) in [6, 6.07) is 15.0. The Morgan fingerprint density at radius 1 is 1.00 bits per heavy atom. The molecule has 0 aliphatic heterocycles. The molecule has 1 heterocycles. The molecule has 0 saturated carbocycles. The summed E-state index contributed by atoms with van der Waals surface area (Å²) in [6.07, 6.45) is 1.69. The number of aromatic nitrogens is 2. The number of hydrogen-bond donors (Lipinski definition) is 1. The fourth-order valence-electron chi connectivity index (χ4n) is 3.21. The maximum atomic E-state index is 12.6. The normalized spacial score (nSPS) is 10.8. The van der Waals surface area contributed by atoms with E-state index in [9.17, 15) is 14.4 Å². The van der Waals surface area contributed by atoms with Gasteiger partial charge in [-0.25, -0.2) is 0 Å². The van der Waals surface area contributed by atoms with Crippen LogP contribution in [0.2, 0.25) is 0 Å². The van der Waals surface area contributed by atoms with Gasteiger partial charge in [0.05, 0.1) is 11.0 Å². The summed E-state index contributed by atoms with van der Waals surface area (Å²) in [4.78, 5) is 37.3. The van der Waals surface area contributed by atoms with Gasteiger partial charge in [-0.15, -0.1) is 6.58 Å². The van der Waals surface area contributed by atoms with Crippen LogP contribution in [0, 0.1) is 6.92 Å². The Hall–Kier alpha value is -3.41. The monoisotopic (exact) mass is 377 g/mol. The summed E-state index contributed by atoms with van der Waals surface area (Å²) in [7, 11) is 0. The van der Waals surface area contributed by atoms with Crippen molar-refractivity contribution in [3.8, 4) is 0 Å². The highest BCUT2D eigenvalue weighted by Crippen LogP contribution is 2.11. The van der Waals surface area contributed by atoms with E-state index in [4.69, 9.17) is 0 Å². The van der Waals surface area contributed by atoms with E-state index >= 15 is 0 Å². The minimum atomic E-state index is -0.632. The number of benzene rings is 2. The maximum Gasteiger partial charge on any atom is 0.317 e. The van der Waals surface area contributed by atoms with Gasteiger partial charge in [0.2, 0.25) is 5.91 Å². The summed E-state index contributed by atoms with van der Waals surface area (Å²) < 4.78 is 2.78. The third kappa shape index (κ3) is 3.96. The quantitative estimate of drug-likeness (QED) is 0.507. The highest BCUT2D eigenvalue weighted by atomic mass is 16.2. The lowest BCUT2D eigenvalue weighted by Crippen LogP contribution is -2.42. The molecule has 144 valence electrons. The van der Waals surface area contributed by atoms with Crippen LogP contribution in [0.5, 0.6) is 0 Å². The highest BCUT2D eigenvalue weighted by Gasteiger charge is 2.13. The minimum absolute atomic E-state index is 0.112. The number of rotatable bonds is 7. The zero-order valence-electron chi connectivity index (χ0n) is 15.9. The first kappa shape index (κ1) is 19.4. The molecule has 0 aliphatic carbocycles. The van der Waals surface area contributed by atoms with Gasteiger partial charge in [0.25, 0.3) is 0 Å². The van der Waals surface area contributed by atoms with Crippen molar-refractivity contribution in [3.05, 3.63) is 93.0 Å². The van der Waals surface area contributed by atoms with Crippen LogP contribution in [-0.4, -0.2) is 15.0 Å². The summed E-state index contributed by atoms with van der Waals surface area (Å²) in [5.74, 6) is -0.172. The summed E-state index contributed by atoms with van der Waals surface area (Å²) in [6.45, 7) is 6.47. The Kier molecular flexibility index (Phi) is 5.89. The number of para-hydroxylation sites is 2. The number of allylic oxidation sites excluding steroid dienone is 1. The van der Waals surface area contributed by atoms with Crippen LogP contribution in [0.25, 0.3) is 11.0 Å². The van der Waals surface area contributed by atoms with Gasteiger partial charge in [-0.3, -0.25) is 19.0 Å². The van der Waals surface area contributed by atoms with Crippen molar-refractivity contribution >= 4 is 16.9 Å². The van der Waals surface area contributed by atoms with Gasteiger partial charge in [-0.1, -0.05) is 42.5 Å². The van der Waals surface area contributed by atoms with Crippen molar-refractivity contribution in [1.82, 2.24) is 14.5 Å². The largest absolute Gasteiger partial charge is 0.352 e. The maximum absolute atomic E-state index is 12.6. The highest BCUT2D eigenvalue weighted by molar-refractivity contribution is 5.77. The zero-order valence-corrected chi connectivity index (χ0v) is 15.9. The average Bonchev–Trinajstić information content (AvgIpc) is 2.70. The van der Waals surface area contributed by atoms with E-state index in [1.807, 2.05) is 37.3 Å². The van der Waals surface area contributed by atoms with Crippen LogP contribution < -0.4 is 16.4 Å². The molecule has 0 spiro atoms. The topological polar surface area (TPSA) is 73.1 Å². The van der Waals surface area contributed by atoms with Crippen molar-refractivity contribution in [2.75, 3.05) is 0 Å². The van der Waals surface area contributed by atoms with E-state index in [1.54, 1.807) is 24.3 Å². The van der Waals surface area contributed by atoms with E-state index < -0.39 is 11.1 Å². The Morgan fingerprint density at radius 2 is 1.61 bits per heavy atom. The number of carbonyl (C=O) groups is 1. The molecule has 1 N–H and O–H groups in total. The first-order chi connectivity index (χ1) is 13.5. The lowest BCUT2D eigenvalue weighted by molar-refractivity contribution is -0.121. The number of nitrogens with one attached hydrogen (secondary N) is 1. The van der Waals surface area contributed by atoms with Gasteiger partial charge in [0, 0.05) is 26.1 Å². The summed E-state index contributed by atoms with van der Waals surface area (Å²) in [5.41, 5.74) is 2.18. The number of carbonyl (C=O) groups excluding carboxylic acids is 1. The second-order valence-electron chi connectivity index (χ2n) is 6.60. The van der Waals surface area contributed by atoms with E-state index in [-0.39, 0.29) is 25.4 Å². The smallest absolute Gasteiger partial charge is 0.317 e. The zero-order chi connectivity index (χ0) is 20.1. The second-order valence-corrected chi connectivity index (χ2v) is 6.60. The van der Waals surface area contributed by atoms with Crippen LogP contribution in [0.3, 0.4) is 0 Å². The third-order valence-corrected chi connectivity index (χ3v) is 4.75. The number of amides is 1. The lowest BCUT2D eigenvalue weighted by atomic mass is 10.1. The number of fused-ring (bicyclic) bond motifs is 1. The molecule has 3 rings (SSSR count). The lowest BCUT2D eigenvalue weighted by Gasteiger charge is -2.14. The summed E-state index contributed by atoms with van der Waals surface area (Å²) >= 11 is 0. The average molecular weight is 377 g/mol. The van der Waals surface area contributed by atoms with Crippen molar-refractivity contribution in [1.29, 1.82) is 0 Å². The van der Waals surface area contributed by atoms with Gasteiger partial charge < -0.3 is 9.88 Å². The van der Waals surface area contributed by atoms with E-state index in [1.165, 1.54) is 9.13 Å². The SMILES string of the molecule is C=CCn1c(=O)c(=O)n(CCC(=O)NCc2ccccc2C)c2ccccc21. The molecule has 6 nitrogen and oxygen atoms in total. The molecule has 6 heteroatoms. The second kappa shape index (κ2) is 8.52. The number of nitrogens with zero attached hydrogens (tertiary/aromatic N) is 2. The first-order valence-corrected chi connectivity index (χ1v) is 9.17. The Bertz CT molecular complexity index is 1140. The van der Waals surface area contributed by atoms with Crippen LogP contribution in [0.1, 0.15) is 17.5 Å². The molecular formula is C22H23N3O3. The Balaban J connectivity index is 1.80. The van der Waals surface area contributed by atoms with Crippen LogP contribution in [-0.2, 0) is 24.4 Å². The Labute approximate surface area is 162 Å². The fourth-order valence-corrected chi connectivity index (χ4v) is 3.21. The molecule has 1 aromatic heterocycles. The van der Waals surface area contributed by atoms with Crippen molar-refractivity contribution < 1.29 is 4.79 Å². The first-order valence-electron chi connectivity index (χ1n) is 9.17.